The summed E-state index contributed by atoms with van der Waals surface area (Å²) in [4.78, 5) is 15.2. The van der Waals surface area contributed by atoms with Gasteiger partial charge in [-0.05, 0) is 210 Å². The lowest BCUT2D eigenvalue weighted by molar-refractivity contribution is 0.590. The van der Waals surface area contributed by atoms with Crippen molar-refractivity contribution in [1.82, 2.24) is 0 Å². The lowest BCUT2D eigenvalue weighted by atomic mass is 9.31. The molecule has 5 nitrogen and oxygen atoms in total. The first kappa shape index (κ1) is 64.8. The van der Waals surface area contributed by atoms with E-state index in [1.807, 2.05) is 11.8 Å². The van der Waals surface area contributed by atoms with E-state index in [2.05, 4.69) is 395 Å². The van der Waals surface area contributed by atoms with Crippen molar-refractivity contribution in [2.75, 3.05) is 24.5 Å². The summed E-state index contributed by atoms with van der Waals surface area (Å²) < 4.78 is 0. The van der Waals surface area contributed by atoms with Gasteiger partial charge in [-0.1, -0.05) is 261 Å². The number of fused-ring (bicyclic) bond motifs is 8. The molecule has 0 atom stereocenters. The molecule has 494 valence electrons. The Hall–Kier alpha value is -9.88. The minimum absolute atomic E-state index is 0.00526. The van der Waals surface area contributed by atoms with E-state index in [1.54, 1.807) is 0 Å². The second-order valence-corrected chi connectivity index (χ2v) is 34.2. The van der Waals surface area contributed by atoms with Crippen molar-refractivity contribution < 1.29 is 0 Å². The van der Waals surface area contributed by atoms with E-state index in [9.17, 15) is 0 Å². The van der Waals surface area contributed by atoms with Crippen LogP contribution in [0.4, 0.5) is 85.3 Å². The summed E-state index contributed by atoms with van der Waals surface area (Å²) in [6, 6.07) is 103. The summed E-state index contributed by atoms with van der Waals surface area (Å²) in [6.45, 7) is 34.4. The van der Waals surface area contributed by atoms with Gasteiger partial charge in [0, 0.05) is 89.4 Å². The average molecular weight is 1320 g/mol. The standard InChI is InChI=1S/C92H89B2N5S/c1-88(2,3)60-34-44-67(45-35-60)95(68-46-36-61(37-47-68)89(4,5)6)72-54-81-86-82(55-72)99(71-52-42-64(43-53-71)92(13,14)15)80-59-84-77(58-76(80)93(86)74-30-22-24-32-78(74)97(81)65-26-18-16-19-27-65)94-75-31-23-25-33-79(75)98(66-28-20-17-21-29-66)83-56-73(57-85(100-84)87(83)94)96(69-48-38-62(39-49-69)90(7,8)9)70-50-40-63(41-51-70)91(10,11)12/h16-59H,1-15H3. The molecule has 0 saturated carbocycles. The molecule has 16 rings (SSSR count). The molecule has 0 fully saturated rings. The Morgan fingerprint density at radius 2 is 0.550 bits per heavy atom. The van der Waals surface area contributed by atoms with E-state index in [0.29, 0.717) is 0 Å². The van der Waals surface area contributed by atoms with Crippen molar-refractivity contribution in [2.24, 2.45) is 0 Å². The fourth-order valence-corrected chi connectivity index (χ4v) is 17.0. The summed E-state index contributed by atoms with van der Waals surface area (Å²) in [7, 11) is 0. The Kier molecular flexibility index (Phi) is 15.5. The molecule has 0 amide bonds. The van der Waals surface area contributed by atoms with E-state index >= 15 is 0 Å². The summed E-state index contributed by atoms with van der Waals surface area (Å²) in [5.41, 5.74) is 31.2. The Balaban J connectivity index is 0.976. The molecule has 0 N–H and O–H groups in total. The molecule has 0 bridgehead atoms. The maximum Gasteiger partial charge on any atom is 0.252 e. The molecule has 0 aliphatic carbocycles. The van der Waals surface area contributed by atoms with E-state index in [4.69, 9.17) is 0 Å². The van der Waals surface area contributed by atoms with Gasteiger partial charge in [0.05, 0.1) is 5.69 Å². The van der Waals surface area contributed by atoms with E-state index in [0.717, 1.165) is 62.6 Å². The van der Waals surface area contributed by atoms with Crippen molar-refractivity contribution in [1.29, 1.82) is 0 Å². The first-order valence-corrected chi connectivity index (χ1v) is 36.6. The molecular formula is C92H89B2N5S. The van der Waals surface area contributed by atoms with Crippen molar-refractivity contribution in [2.45, 2.75) is 141 Å². The summed E-state index contributed by atoms with van der Waals surface area (Å²) in [6.07, 6.45) is 0. The van der Waals surface area contributed by atoms with Gasteiger partial charge in [0.2, 0.25) is 6.71 Å². The van der Waals surface area contributed by atoms with Gasteiger partial charge >= 0.3 is 0 Å². The maximum atomic E-state index is 2.66. The number of nitrogens with zero attached hydrogens (tertiary/aromatic N) is 5. The number of anilines is 15. The smallest absolute Gasteiger partial charge is 0.252 e. The second-order valence-electron chi connectivity index (χ2n) is 33.1. The van der Waals surface area contributed by atoms with Crippen LogP contribution in [-0.2, 0) is 27.1 Å². The van der Waals surface area contributed by atoms with Crippen LogP contribution in [0.2, 0.25) is 0 Å². The third-order valence-electron chi connectivity index (χ3n) is 21.2. The minimum atomic E-state index is -0.137. The highest BCUT2D eigenvalue weighted by Gasteiger charge is 2.48. The highest BCUT2D eigenvalue weighted by Crippen LogP contribution is 2.52. The SMILES string of the molecule is CC(C)(C)c1ccc(N(c2ccc(C(C)(C)C)cc2)c2cc3c4c(c2)N(c2ccccc2)c2ccccc2B4c2cc4c(cc2S3)N(c2ccc(C(C)(C)C)cc2)c2cc(N(c3ccc(C(C)(C)C)cc3)c3ccc(C(C)(C)C)cc3)cc3c2B4c2ccccc2N3c2ccccc2)cc1. The first-order valence-electron chi connectivity index (χ1n) is 35.8. The average Bonchev–Trinajstić information content (AvgIpc) is 0.690. The Morgan fingerprint density at radius 3 is 0.930 bits per heavy atom. The van der Waals surface area contributed by atoms with Gasteiger partial charge < -0.3 is 24.5 Å². The van der Waals surface area contributed by atoms with E-state index in [-0.39, 0.29) is 40.5 Å². The van der Waals surface area contributed by atoms with E-state index < -0.39 is 0 Å². The van der Waals surface area contributed by atoms with Crippen molar-refractivity contribution in [3.05, 3.63) is 295 Å². The van der Waals surface area contributed by atoms with Gasteiger partial charge in [0.15, 0.2) is 0 Å². The van der Waals surface area contributed by atoms with Crippen LogP contribution in [0.15, 0.2) is 277 Å². The van der Waals surface area contributed by atoms with Crippen LogP contribution >= 0.6 is 11.8 Å². The minimum Gasteiger partial charge on any atom is -0.311 e. The van der Waals surface area contributed by atoms with Gasteiger partial charge in [-0.15, -0.1) is 0 Å². The van der Waals surface area contributed by atoms with Crippen LogP contribution in [0.1, 0.15) is 132 Å². The number of hydrogen-bond donors (Lipinski definition) is 0. The molecule has 4 aliphatic heterocycles. The first-order chi connectivity index (χ1) is 47.8. The van der Waals surface area contributed by atoms with Gasteiger partial charge in [-0.2, -0.15) is 0 Å². The zero-order valence-corrected chi connectivity index (χ0v) is 61.5. The molecule has 8 heteroatoms. The monoisotopic (exact) mass is 1320 g/mol. The van der Waals surface area contributed by atoms with Gasteiger partial charge in [0.1, 0.15) is 0 Å². The predicted octanol–water partition coefficient (Wildman–Crippen LogP) is 22.0. The molecule has 12 aromatic rings. The molecule has 4 heterocycles. The quantitative estimate of drug-likeness (QED) is 0.133. The normalized spacial score (nSPS) is 13.8. The predicted molar refractivity (Wildman–Crippen MR) is 433 cm³/mol. The lowest BCUT2D eigenvalue weighted by Gasteiger charge is -2.46. The maximum absolute atomic E-state index is 2.66. The Bertz CT molecular complexity index is 5000. The number of rotatable bonds is 9. The molecule has 0 spiro atoms. The molecular weight excluding hydrogens is 1230 g/mol. The van der Waals surface area contributed by atoms with Crippen LogP contribution in [0.25, 0.3) is 0 Å². The van der Waals surface area contributed by atoms with E-state index in [1.165, 1.54) is 93.1 Å². The number of para-hydroxylation sites is 4. The summed E-state index contributed by atoms with van der Waals surface area (Å²) >= 11 is 1.93. The van der Waals surface area contributed by atoms with Crippen LogP contribution < -0.4 is 57.3 Å². The molecule has 0 unspecified atom stereocenters. The van der Waals surface area contributed by atoms with Crippen molar-refractivity contribution in [3.63, 3.8) is 0 Å². The van der Waals surface area contributed by atoms with Crippen LogP contribution in [0.3, 0.4) is 0 Å². The number of hydrogen-bond acceptors (Lipinski definition) is 6. The second kappa shape index (κ2) is 23.9. The molecule has 0 aromatic heterocycles. The molecule has 100 heavy (non-hydrogen) atoms. The van der Waals surface area contributed by atoms with Crippen molar-refractivity contribution in [3.8, 4) is 0 Å². The topological polar surface area (TPSA) is 16.2 Å². The lowest BCUT2D eigenvalue weighted by Crippen LogP contribution is -2.64. The molecule has 0 radical (unpaired) electrons. The highest BCUT2D eigenvalue weighted by molar-refractivity contribution is 8.00. The van der Waals surface area contributed by atoms with Crippen LogP contribution in [-0.4, -0.2) is 13.4 Å². The van der Waals surface area contributed by atoms with Gasteiger partial charge in [-0.25, -0.2) is 0 Å². The largest absolute Gasteiger partial charge is 0.311 e. The fourth-order valence-electron chi connectivity index (χ4n) is 15.8. The Labute approximate surface area is 599 Å². The van der Waals surface area contributed by atoms with Gasteiger partial charge in [-0.3, -0.25) is 0 Å². The van der Waals surface area contributed by atoms with Crippen molar-refractivity contribution >= 4 is 143 Å². The van der Waals surface area contributed by atoms with Gasteiger partial charge in [0.25, 0.3) is 6.71 Å². The summed E-state index contributed by atoms with van der Waals surface area (Å²) in [5.74, 6) is 0. The van der Waals surface area contributed by atoms with Crippen LogP contribution in [0.5, 0.6) is 0 Å². The third-order valence-corrected chi connectivity index (χ3v) is 22.4. The molecule has 12 aromatic carbocycles. The Morgan fingerprint density at radius 1 is 0.240 bits per heavy atom. The fraction of sp³-hybridized carbons (Fsp3) is 0.217. The van der Waals surface area contributed by atoms with Crippen LogP contribution in [0, 0.1) is 0 Å². The zero-order valence-electron chi connectivity index (χ0n) is 60.7. The number of benzene rings is 12. The molecule has 0 saturated heterocycles. The summed E-state index contributed by atoms with van der Waals surface area (Å²) in [5, 5.41) is 0. The molecule has 4 aliphatic rings. The highest BCUT2D eigenvalue weighted by atomic mass is 32.2. The zero-order chi connectivity index (χ0) is 69.5. The third kappa shape index (κ3) is 11.2.